The van der Waals surface area contributed by atoms with E-state index in [1.165, 1.54) is 55.2 Å². The number of aryl methyl sites for hydroxylation is 1. The third-order valence-electron chi connectivity index (χ3n) is 5.64. The van der Waals surface area contributed by atoms with Gasteiger partial charge >= 0.3 is 0 Å². The first-order chi connectivity index (χ1) is 13.8. The monoisotopic (exact) mass is 372 g/mol. The van der Waals surface area contributed by atoms with Crippen molar-refractivity contribution in [1.29, 1.82) is 0 Å². The second-order valence-electron chi connectivity index (χ2n) is 7.73. The van der Waals surface area contributed by atoms with Crippen LogP contribution in [0.15, 0.2) is 60.2 Å². The normalized spacial score (nSPS) is 16.1. The van der Waals surface area contributed by atoms with Crippen molar-refractivity contribution in [3.8, 4) is 17.6 Å². The Morgan fingerprint density at radius 3 is 2.36 bits per heavy atom. The van der Waals surface area contributed by atoms with E-state index >= 15 is 0 Å². The van der Waals surface area contributed by atoms with Crippen molar-refractivity contribution in [3.05, 3.63) is 76.9 Å². The molecule has 0 spiro atoms. The molecule has 1 heteroatoms. The van der Waals surface area contributed by atoms with Gasteiger partial charge in [0.15, 0.2) is 0 Å². The minimum atomic E-state index is 0.640. The molecular formula is C27H32O. The molecule has 0 saturated carbocycles. The fraction of sp³-hybridized carbons (Fsp3) is 0.407. The second kappa shape index (κ2) is 10.8. The molecule has 1 nitrogen and oxygen atoms in total. The van der Waals surface area contributed by atoms with Crippen LogP contribution in [0.2, 0.25) is 0 Å². The third-order valence-corrected chi connectivity index (χ3v) is 5.64. The molecule has 0 fully saturated rings. The molecule has 2 aromatic rings. The number of allylic oxidation sites excluding steroid dienone is 2. The third kappa shape index (κ3) is 6.03. The molecule has 2 aromatic carbocycles. The highest BCUT2D eigenvalue weighted by Gasteiger charge is 2.15. The zero-order valence-corrected chi connectivity index (χ0v) is 17.3. The summed E-state index contributed by atoms with van der Waals surface area (Å²) in [6, 6.07) is 17.3. The van der Waals surface area contributed by atoms with E-state index in [4.69, 9.17) is 4.74 Å². The first-order valence-corrected chi connectivity index (χ1v) is 10.7. The molecular weight excluding hydrogens is 340 g/mol. The van der Waals surface area contributed by atoms with Crippen molar-refractivity contribution in [2.75, 3.05) is 7.11 Å². The SMILES string of the molecule is CCCCCCc1ccc(C2CC=C(C#Cc3ccc(OC)cc3)CC2)cc1. The second-order valence-corrected chi connectivity index (χ2v) is 7.73. The maximum atomic E-state index is 5.19. The van der Waals surface area contributed by atoms with Gasteiger partial charge in [0, 0.05) is 5.56 Å². The van der Waals surface area contributed by atoms with Crippen molar-refractivity contribution in [1.82, 2.24) is 0 Å². The van der Waals surface area contributed by atoms with Crippen LogP contribution in [0.1, 0.15) is 74.5 Å². The number of methoxy groups -OCH3 is 1. The fourth-order valence-electron chi connectivity index (χ4n) is 3.79. The lowest BCUT2D eigenvalue weighted by Gasteiger charge is -2.20. The molecule has 146 valence electrons. The van der Waals surface area contributed by atoms with Gasteiger partial charge in [0.25, 0.3) is 0 Å². The topological polar surface area (TPSA) is 9.23 Å². The number of hydrogen-bond acceptors (Lipinski definition) is 1. The summed E-state index contributed by atoms with van der Waals surface area (Å²) in [5.41, 5.74) is 5.28. The average molecular weight is 373 g/mol. The van der Waals surface area contributed by atoms with Crippen molar-refractivity contribution >= 4 is 0 Å². The van der Waals surface area contributed by atoms with Gasteiger partial charge in [0.05, 0.1) is 7.11 Å². The zero-order chi connectivity index (χ0) is 19.6. The molecule has 1 unspecified atom stereocenters. The van der Waals surface area contributed by atoms with Gasteiger partial charge in [-0.15, -0.1) is 0 Å². The van der Waals surface area contributed by atoms with Crippen molar-refractivity contribution in [2.24, 2.45) is 0 Å². The molecule has 28 heavy (non-hydrogen) atoms. The molecule has 1 aliphatic carbocycles. The number of rotatable bonds is 7. The predicted octanol–water partition coefficient (Wildman–Crippen LogP) is 7.06. The minimum Gasteiger partial charge on any atom is -0.497 e. The molecule has 1 aliphatic rings. The fourth-order valence-corrected chi connectivity index (χ4v) is 3.79. The standard InChI is InChI=1S/C27H32O/c1-3-4-5-6-7-22-10-16-25(17-11-22)26-18-12-23(13-19-26)8-9-24-14-20-27(28-2)21-15-24/h10-12,14-17,20-21,26H,3-7,13,18-19H2,1-2H3. The Hall–Kier alpha value is -2.46. The predicted molar refractivity (Wildman–Crippen MR) is 119 cm³/mol. The summed E-state index contributed by atoms with van der Waals surface area (Å²) >= 11 is 0. The largest absolute Gasteiger partial charge is 0.497 e. The van der Waals surface area contributed by atoms with Gasteiger partial charge in [0.1, 0.15) is 5.75 Å². The van der Waals surface area contributed by atoms with Gasteiger partial charge in [-0.25, -0.2) is 0 Å². The van der Waals surface area contributed by atoms with Gasteiger partial charge in [0.2, 0.25) is 0 Å². The van der Waals surface area contributed by atoms with Gasteiger partial charge in [-0.3, -0.25) is 0 Å². The first-order valence-electron chi connectivity index (χ1n) is 10.7. The van der Waals surface area contributed by atoms with Crippen LogP contribution >= 0.6 is 0 Å². The van der Waals surface area contributed by atoms with E-state index < -0.39 is 0 Å². The lowest BCUT2D eigenvalue weighted by atomic mass is 9.84. The Labute approximate surface area is 170 Å². The van der Waals surface area contributed by atoms with Crippen molar-refractivity contribution < 1.29 is 4.74 Å². The van der Waals surface area contributed by atoms with Gasteiger partial charge in [-0.1, -0.05) is 68.4 Å². The molecule has 0 bridgehead atoms. The van der Waals surface area contributed by atoms with E-state index in [0.29, 0.717) is 5.92 Å². The molecule has 0 N–H and O–H groups in total. The highest BCUT2D eigenvalue weighted by Crippen LogP contribution is 2.32. The van der Waals surface area contributed by atoms with Crippen molar-refractivity contribution in [3.63, 3.8) is 0 Å². The Bertz CT molecular complexity index is 815. The lowest BCUT2D eigenvalue weighted by molar-refractivity contribution is 0.415. The Balaban J connectivity index is 1.52. The Morgan fingerprint density at radius 2 is 1.71 bits per heavy atom. The summed E-state index contributed by atoms with van der Waals surface area (Å²) < 4.78 is 5.19. The van der Waals surface area contributed by atoms with Crippen LogP contribution in [0.3, 0.4) is 0 Å². The smallest absolute Gasteiger partial charge is 0.118 e. The van der Waals surface area contributed by atoms with Crippen LogP contribution in [0.25, 0.3) is 0 Å². The average Bonchev–Trinajstić information content (AvgIpc) is 2.76. The van der Waals surface area contributed by atoms with Crippen LogP contribution in [0.4, 0.5) is 0 Å². The van der Waals surface area contributed by atoms with Crippen LogP contribution in [-0.4, -0.2) is 7.11 Å². The van der Waals surface area contributed by atoms with Gasteiger partial charge in [-0.05, 0) is 79.0 Å². The maximum Gasteiger partial charge on any atom is 0.118 e. The van der Waals surface area contributed by atoms with E-state index in [1.54, 1.807) is 7.11 Å². The molecule has 0 amide bonds. The molecule has 0 heterocycles. The molecule has 0 aromatic heterocycles. The van der Waals surface area contributed by atoms with Gasteiger partial charge in [-0.2, -0.15) is 0 Å². The number of benzene rings is 2. The molecule has 0 aliphatic heterocycles. The van der Waals surface area contributed by atoms with E-state index in [2.05, 4.69) is 49.1 Å². The highest BCUT2D eigenvalue weighted by atomic mass is 16.5. The summed E-state index contributed by atoms with van der Waals surface area (Å²) in [5, 5.41) is 0. The zero-order valence-electron chi connectivity index (χ0n) is 17.3. The van der Waals surface area contributed by atoms with Crippen molar-refractivity contribution in [2.45, 2.75) is 64.2 Å². The van der Waals surface area contributed by atoms with Crippen LogP contribution in [0, 0.1) is 11.8 Å². The van der Waals surface area contributed by atoms with E-state index in [-0.39, 0.29) is 0 Å². The highest BCUT2D eigenvalue weighted by molar-refractivity contribution is 5.43. The summed E-state index contributed by atoms with van der Waals surface area (Å²) in [6.07, 6.45) is 12.3. The number of unbranched alkanes of at least 4 members (excludes halogenated alkanes) is 3. The Morgan fingerprint density at radius 1 is 0.929 bits per heavy atom. The van der Waals surface area contributed by atoms with E-state index in [1.807, 2.05) is 24.3 Å². The number of ether oxygens (including phenoxy) is 1. The van der Waals surface area contributed by atoms with E-state index in [0.717, 1.165) is 24.2 Å². The summed E-state index contributed by atoms with van der Waals surface area (Å²) in [6.45, 7) is 2.27. The maximum absolute atomic E-state index is 5.19. The lowest BCUT2D eigenvalue weighted by Crippen LogP contribution is -2.04. The summed E-state index contributed by atoms with van der Waals surface area (Å²) in [4.78, 5) is 0. The first kappa shape index (κ1) is 20.3. The summed E-state index contributed by atoms with van der Waals surface area (Å²) in [7, 11) is 1.69. The number of hydrogen-bond donors (Lipinski definition) is 0. The van der Waals surface area contributed by atoms with Crippen LogP contribution < -0.4 is 4.74 Å². The molecule has 0 saturated heterocycles. The molecule has 3 rings (SSSR count). The van der Waals surface area contributed by atoms with Gasteiger partial charge < -0.3 is 4.74 Å². The molecule has 1 atom stereocenters. The quantitative estimate of drug-likeness (QED) is 0.373. The van der Waals surface area contributed by atoms with Crippen LogP contribution in [0.5, 0.6) is 5.75 Å². The Kier molecular flexibility index (Phi) is 7.80. The summed E-state index contributed by atoms with van der Waals surface area (Å²) in [5.74, 6) is 8.15. The van der Waals surface area contributed by atoms with Crippen LogP contribution in [-0.2, 0) is 6.42 Å². The van der Waals surface area contributed by atoms with E-state index in [9.17, 15) is 0 Å². The minimum absolute atomic E-state index is 0.640. The molecule has 0 radical (unpaired) electrons.